The Hall–Kier alpha value is -0.0400. The first-order chi connectivity index (χ1) is 4.91. The van der Waals surface area contributed by atoms with Crippen LogP contribution in [-0.4, -0.2) is 13.1 Å². The van der Waals surface area contributed by atoms with Gasteiger partial charge in [-0.1, -0.05) is 26.7 Å². The van der Waals surface area contributed by atoms with Crippen LogP contribution in [0.15, 0.2) is 0 Å². The molecule has 1 nitrogen and oxygen atoms in total. The molecule has 0 atom stereocenters. The van der Waals surface area contributed by atoms with Crippen LogP contribution in [0.3, 0.4) is 0 Å². The lowest BCUT2D eigenvalue weighted by atomic mass is 10.2. The summed E-state index contributed by atoms with van der Waals surface area (Å²) in [6, 6.07) is 0. The molecule has 62 valence electrons. The third-order valence-electron chi connectivity index (χ3n) is 1.77. The Labute approximate surface area is 65.2 Å². The zero-order chi connectivity index (χ0) is 7.66. The van der Waals surface area contributed by atoms with Gasteiger partial charge in [0.25, 0.3) is 0 Å². The van der Waals surface area contributed by atoms with E-state index in [1.807, 2.05) is 0 Å². The molecule has 0 heterocycles. The highest BCUT2D eigenvalue weighted by atomic mass is 14.8. The van der Waals surface area contributed by atoms with Gasteiger partial charge in [0.2, 0.25) is 0 Å². The molecular weight excluding hydrogens is 122 g/mol. The third kappa shape index (κ3) is 7.96. The Kier molecular flexibility index (Phi) is 8.92. The molecule has 0 radical (unpaired) electrons. The van der Waals surface area contributed by atoms with Crippen molar-refractivity contribution in [3.63, 3.8) is 0 Å². The average molecular weight is 144 g/mol. The summed E-state index contributed by atoms with van der Waals surface area (Å²) in [6.45, 7) is 7.18. The summed E-state index contributed by atoms with van der Waals surface area (Å²) in [5, 5.41) is 2.44. The summed E-state index contributed by atoms with van der Waals surface area (Å²) < 4.78 is 0. The maximum absolute atomic E-state index is 2.44. The van der Waals surface area contributed by atoms with Crippen LogP contribution in [0.4, 0.5) is 0 Å². The summed E-state index contributed by atoms with van der Waals surface area (Å²) in [7, 11) is 0. The molecule has 0 aromatic carbocycles. The van der Waals surface area contributed by atoms with Crippen molar-refractivity contribution in [1.29, 1.82) is 0 Å². The minimum atomic E-state index is 1.33. The lowest BCUT2D eigenvalue weighted by Crippen LogP contribution is -2.84. The molecule has 0 amide bonds. The smallest absolute Gasteiger partial charge is 0.0755 e. The van der Waals surface area contributed by atoms with Crippen molar-refractivity contribution < 1.29 is 5.32 Å². The highest BCUT2D eigenvalue weighted by molar-refractivity contribution is 4.33. The van der Waals surface area contributed by atoms with Gasteiger partial charge in [0.05, 0.1) is 13.1 Å². The molecule has 0 aliphatic rings. The van der Waals surface area contributed by atoms with Crippen molar-refractivity contribution in [2.75, 3.05) is 13.1 Å². The fourth-order valence-corrected chi connectivity index (χ4v) is 1.03. The average Bonchev–Trinajstić information content (AvgIpc) is 1.97. The Morgan fingerprint density at radius 1 is 0.800 bits per heavy atom. The summed E-state index contributed by atoms with van der Waals surface area (Å²) in [5.41, 5.74) is 0. The maximum atomic E-state index is 2.44. The number of rotatable bonds is 7. The van der Waals surface area contributed by atoms with E-state index in [-0.39, 0.29) is 0 Å². The summed E-state index contributed by atoms with van der Waals surface area (Å²) in [5.74, 6) is 0. The summed E-state index contributed by atoms with van der Waals surface area (Å²) in [4.78, 5) is 0. The van der Waals surface area contributed by atoms with Gasteiger partial charge < -0.3 is 5.32 Å². The molecule has 0 bridgehead atoms. The minimum Gasteiger partial charge on any atom is -0.346 e. The zero-order valence-electron chi connectivity index (χ0n) is 7.53. The number of hydrogen-bond donors (Lipinski definition) is 1. The molecule has 0 aromatic rings. The monoisotopic (exact) mass is 144 g/mol. The first-order valence-electron chi connectivity index (χ1n) is 4.73. The lowest BCUT2D eigenvalue weighted by molar-refractivity contribution is -0.655. The molecule has 0 saturated carbocycles. The van der Waals surface area contributed by atoms with E-state index in [2.05, 4.69) is 19.2 Å². The predicted molar refractivity (Wildman–Crippen MR) is 46.1 cm³/mol. The highest BCUT2D eigenvalue weighted by Crippen LogP contribution is 1.88. The lowest BCUT2D eigenvalue weighted by Gasteiger charge is -1.98. The molecule has 1 heteroatoms. The van der Waals surface area contributed by atoms with Crippen molar-refractivity contribution in [2.45, 2.75) is 46.0 Å². The number of hydrogen-bond acceptors (Lipinski definition) is 0. The topological polar surface area (TPSA) is 16.6 Å². The van der Waals surface area contributed by atoms with Crippen molar-refractivity contribution in [3.8, 4) is 0 Å². The van der Waals surface area contributed by atoms with Crippen LogP contribution in [0, 0.1) is 0 Å². The molecule has 0 fully saturated rings. The standard InChI is InChI=1S/C9H21N/c1-3-5-7-9-10-8-6-4-2/h10H,3-9H2,1-2H3/p+1. The van der Waals surface area contributed by atoms with Crippen molar-refractivity contribution in [2.24, 2.45) is 0 Å². The maximum Gasteiger partial charge on any atom is 0.0755 e. The molecule has 10 heavy (non-hydrogen) atoms. The fraction of sp³-hybridized carbons (Fsp3) is 1.00. The molecule has 0 rings (SSSR count). The Balaban J connectivity index is 2.65. The SMILES string of the molecule is CCCCC[NH2+]CCCC. The van der Waals surface area contributed by atoms with Crippen LogP contribution in [0.5, 0.6) is 0 Å². The Bertz CT molecular complexity index is 44.7. The van der Waals surface area contributed by atoms with E-state index in [0.29, 0.717) is 0 Å². The van der Waals surface area contributed by atoms with E-state index in [1.54, 1.807) is 0 Å². The van der Waals surface area contributed by atoms with E-state index in [1.165, 1.54) is 45.2 Å². The van der Waals surface area contributed by atoms with E-state index < -0.39 is 0 Å². The van der Waals surface area contributed by atoms with Crippen molar-refractivity contribution in [3.05, 3.63) is 0 Å². The van der Waals surface area contributed by atoms with E-state index in [4.69, 9.17) is 0 Å². The zero-order valence-corrected chi connectivity index (χ0v) is 7.53. The molecule has 0 aliphatic carbocycles. The molecule has 0 unspecified atom stereocenters. The van der Waals surface area contributed by atoms with Gasteiger partial charge in [-0.25, -0.2) is 0 Å². The van der Waals surface area contributed by atoms with E-state index in [9.17, 15) is 0 Å². The van der Waals surface area contributed by atoms with Crippen LogP contribution in [0.1, 0.15) is 46.0 Å². The van der Waals surface area contributed by atoms with Crippen molar-refractivity contribution >= 4 is 0 Å². The van der Waals surface area contributed by atoms with Gasteiger partial charge >= 0.3 is 0 Å². The number of unbranched alkanes of at least 4 members (excludes halogenated alkanes) is 3. The largest absolute Gasteiger partial charge is 0.346 e. The van der Waals surface area contributed by atoms with Gasteiger partial charge in [-0.05, 0) is 19.3 Å². The third-order valence-corrected chi connectivity index (χ3v) is 1.77. The molecule has 0 spiro atoms. The second-order valence-corrected chi connectivity index (χ2v) is 2.93. The summed E-state index contributed by atoms with van der Waals surface area (Å²) >= 11 is 0. The second-order valence-electron chi connectivity index (χ2n) is 2.93. The predicted octanol–water partition coefficient (Wildman–Crippen LogP) is 1.54. The Morgan fingerprint density at radius 3 is 2.00 bits per heavy atom. The minimum absolute atomic E-state index is 1.33. The first-order valence-corrected chi connectivity index (χ1v) is 4.73. The van der Waals surface area contributed by atoms with Crippen LogP contribution < -0.4 is 5.32 Å². The normalized spacial score (nSPS) is 10.2. The van der Waals surface area contributed by atoms with Crippen LogP contribution in [0.25, 0.3) is 0 Å². The van der Waals surface area contributed by atoms with Gasteiger partial charge in [0.15, 0.2) is 0 Å². The first kappa shape index (κ1) is 9.96. The van der Waals surface area contributed by atoms with Crippen LogP contribution >= 0.6 is 0 Å². The molecule has 0 aliphatic heterocycles. The fourth-order valence-electron chi connectivity index (χ4n) is 1.03. The van der Waals surface area contributed by atoms with Crippen molar-refractivity contribution in [1.82, 2.24) is 0 Å². The molecule has 0 saturated heterocycles. The van der Waals surface area contributed by atoms with Gasteiger partial charge in [-0.15, -0.1) is 0 Å². The molecule has 0 aromatic heterocycles. The number of nitrogens with two attached hydrogens (primary N) is 1. The van der Waals surface area contributed by atoms with Gasteiger partial charge in [0.1, 0.15) is 0 Å². The van der Waals surface area contributed by atoms with Gasteiger partial charge in [0, 0.05) is 0 Å². The molecular formula is C9H22N+. The van der Waals surface area contributed by atoms with Crippen LogP contribution in [-0.2, 0) is 0 Å². The quantitative estimate of drug-likeness (QED) is 0.522. The van der Waals surface area contributed by atoms with Gasteiger partial charge in [-0.2, -0.15) is 0 Å². The van der Waals surface area contributed by atoms with Gasteiger partial charge in [-0.3, -0.25) is 0 Å². The highest BCUT2D eigenvalue weighted by Gasteiger charge is 1.88. The van der Waals surface area contributed by atoms with Crippen LogP contribution in [0.2, 0.25) is 0 Å². The number of quaternary nitrogens is 1. The summed E-state index contributed by atoms with van der Waals surface area (Å²) in [6.07, 6.45) is 6.88. The van der Waals surface area contributed by atoms with E-state index >= 15 is 0 Å². The second kappa shape index (κ2) is 8.96. The van der Waals surface area contributed by atoms with E-state index in [0.717, 1.165) is 0 Å². The molecule has 2 N–H and O–H groups in total. The Morgan fingerprint density at radius 2 is 1.40 bits per heavy atom.